The largest absolute Gasteiger partial charge is 0.466 e. The molecule has 0 bridgehead atoms. The summed E-state index contributed by atoms with van der Waals surface area (Å²) in [7, 11) is -4.51. The highest BCUT2D eigenvalue weighted by molar-refractivity contribution is 8.13. The van der Waals surface area contributed by atoms with Crippen molar-refractivity contribution in [2.45, 2.75) is 11.8 Å². The van der Waals surface area contributed by atoms with E-state index in [2.05, 4.69) is 9.44 Å². The summed E-state index contributed by atoms with van der Waals surface area (Å²) in [5, 5.41) is 3.61. The molecule has 0 spiro atoms. The lowest BCUT2D eigenvalue weighted by Gasteiger charge is -1.98. The molecule has 1 aromatic carbocycles. The predicted molar refractivity (Wildman–Crippen MR) is 58.0 cm³/mol. The summed E-state index contributed by atoms with van der Waals surface area (Å²) in [4.78, 5) is 0.901. The zero-order valence-electron chi connectivity index (χ0n) is 7.82. The van der Waals surface area contributed by atoms with Crippen LogP contribution in [0.2, 0.25) is 0 Å². The molecule has 0 atom stereocenters. The van der Waals surface area contributed by atoms with Crippen LogP contribution < -0.4 is 0 Å². The summed E-state index contributed by atoms with van der Waals surface area (Å²) in [5.74, 6) is 0. The van der Waals surface area contributed by atoms with Gasteiger partial charge in [-0.1, -0.05) is 35.1 Å². The number of benzene rings is 1. The second kappa shape index (κ2) is 5.15. The van der Waals surface area contributed by atoms with Crippen molar-refractivity contribution in [3.63, 3.8) is 0 Å². The van der Waals surface area contributed by atoms with Crippen molar-refractivity contribution in [2.75, 3.05) is 0 Å². The molecule has 1 rings (SSSR count). The van der Waals surface area contributed by atoms with E-state index in [1.807, 2.05) is 30.3 Å². The minimum atomic E-state index is -4.51. The van der Waals surface area contributed by atoms with Gasteiger partial charge < -0.3 is 0 Å². The van der Waals surface area contributed by atoms with Gasteiger partial charge in [-0.25, -0.2) is 4.28 Å². The molecule has 1 aromatic rings. The van der Waals surface area contributed by atoms with E-state index in [-0.39, 0.29) is 0 Å². The Morgan fingerprint density at radius 2 is 2.00 bits per heavy atom. The van der Waals surface area contributed by atoms with Crippen LogP contribution in [-0.2, 0) is 14.7 Å². The van der Waals surface area contributed by atoms with Crippen molar-refractivity contribution in [2.24, 2.45) is 5.16 Å². The lowest BCUT2D eigenvalue weighted by atomic mass is 10.4. The summed E-state index contributed by atoms with van der Waals surface area (Å²) in [6, 6.07) is 9.25. The van der Waals surface area contributed by atoms with Crippen molar-refractivity contribution in [1.29, 1.82) is 0 Å². The summed E-state index contributed by atoms with van der Waals surface area (Å²) in [5.41, 5.74) is 0. The molecule has 15 heavy (non-hydrogen) atoms. The monoisotopic (exact) mass is 247 g/mol. The van der Waals surface area contributed by atoms with Gasteiger partial charge in [-0.15, -0.1) is 0 Å². The van der Waals surface area contributed by atoms with E-state index in [0.29, 0.717) is 5.04 Å². The minimum absolute atomic E-state index is 0.374. The Hall–Kier alpha value is -1.05. The van der Waals surface area contributed by atoms with Crippen molar-refractivity contribution in [3.8, 4) is 0 Å². The number of hydrogen-bond donors (Lipinski definition) is 1. The van der Waals surface area contributed by atoms with Gasteiger partial charge in [-0.2, -0.15) is 8.42 Å². The first-order valence-electron chi connectivity index (χ1n) is 3.91. The topological polar surface area (TPSA) is 76.0 Å². The van der Waals surface area contributed by atoms with E-state index in [9.17, 15) is 8.42 Å². The fourth-order valence-corrected chi connectivity index (χ4v) is 1.74. The van der Waals surface area contributed by atoms with Crippen LogP contribution in [0.25, 0.3) is 0 Å². The molecular formula is C8H9NO4S2. The molecular weight excluding hydrogens is 238 g/mol. The highest BCUT2D eigenvalue weighted by atomic mass is 32.3. The van der Waals surface area contributed by atoms with Gasteiger partial charge in [0.05, 0.1) is 0 Å². The fourth-order valence-electron chi connectivity index (χ4n) is 0.777. The Labute approximate surface area is 92.1 Å². The zero-order chi connectivity index (χ0) is 11.3. The SMILES string of the molecule is C/C(=N/OS(=O)(=O)O)Sc1ccccc1. The average molecular weight is 247 g/mol. The van der Waals surface area contributed by atoms with Gasteiger partial charge in [0.1, 0.15) is 5.04 Å². The van der Waals surface area contributed by atoms with E-state index < -0.39 is 10.4 Å². The van der Waals surface area contributed by atoms with E-state index in [4.69, 9.17) is 4.55 Å². The Bertz CT molecular complexity index is 441. The molecule has 0 aliphatic heterocycles. The lowest BCUT2D eigenvalue weighted by molar-refractivity contribution is 0.283. The molecule has 5 nitrogen and oxygen atoms in total. The van der Waals surface area contributed by atoms with Crippen LogP contribution in [0.3, 0.4) is 0 Å². The number of hydrogen-bond acceptors (Lipinski definition) is 5. The Morgan fingerprint density at radius 3 is 2.53 bits per heavy atom. The first kappa shape index (κ1) is 12.0. The third-order valence-corrected chi connectivity index (χ3v) is 2.41. The lowest BCUT2D eigenvalue weighted by Crippen LogP contribution is -1.99. The number of rotatable bonds is 3. The van der Waals surface area contributed by atoms with Gasteiger partial charge in [-0.05, 0) is 19.1 Å². The van der Waals surface area contributed by atoms with Gasteiger partial charge in [0.15, 0.2) is 0 Å². The highest BCUT2D eigenvalue weighted by Crippen LogP contribution is 2.18. The molecule has 0 radical (unpaired) electrons. The zero-order valence-corrected chi connectivity index (χ0v) is 9.46. The van der Waals surface area contributed by atoms with Crippen LogP contribution in [-0.4, -0.2) is 18.0 Å². The molecule has 7 heteroatoms. The number of nitrogens with zero attached hydrogens (tertiary/aromatic N) is 1. The summed E-state index contributed by atoms with van der Waals surface area (Å²) >= 11 is 1.23. The maximum absolute atomic E-state index is 10.2. The highest BCUT2D eigenvalue weighted by Gasteiger charge is 2.04. The molecule has 0 saturated carbocycles. The van der Waals surface area contributed by atoms with Crippen LogP contribution in [0.15, 0.2) is 40.4 Å². The van der Waals surface area contributed by atoms with Crippen molar-refractivity contribution in [3.05, 3.63) is 30.3 Å². The fraction of sp³-hybridized carbons (Fsp3) is 0.125. The van der Waals surface area contributed by atoms with Gasteiger partial charge in [0.2, 0.25) is 0 Å². The first-order valence-corrected chi connectivity index (χ1v) is 6.09. The third kappa shape index (κ3) is 5.40. The second-order valence-corrected chi connectivity index (χ2v) is 4.80. The van der Waals surface area contributed by atoms with Crippen LogP contribution in [0, 0.1) is 0 Å². The molecule has 0 unspecified atom stereocenters. The van der Waals surface area contributed by atoms with Crippen LogP contribution in [0.4, 0.5) is 0 Å². The van der Waals surface area contributed by atoms with E-state index in [1.54, 1.807) is 6.92 Å². The normalized spacial score (nSPS) is 12.5. The number of oxime groups is 1. The summed E-state index contributed by atoms with van der Waals surface area (Å²) < 4.78 is 32.5. The molecule has 0 aliphatic carbocycles. The summed E-state index contributed by atoms with van der Waals surface area (Å²) in [6.45, 7) is 1.57. The molecule has 0 amide bonds. The first-order chi connectivity index (χ1) is 6.97. The molecule has 0 heterocycles. The van der Waals surface area contributed by atoms with Crippen LogP contribution in [0.1, 0.15) is 6.92 Å². The van der Waals surface area contributed by atoms with E-state index in [1.165, 1.54) is 11.8 Å². The second-order valence-electron chi connectivity index (χ2n) is 2.53. The van der Waals surface area contributed by atoms with E-state index >= 15 is 0 Å². The van der Waals surface area contributed by atoms with Gasteiger partial charge in [-0.3, -0.25) is 4.55 Å². The molecule has 1 N–H and O–H groups in total. The Morgan fingerprint density at radius 1 is 1.40 bits per heavy atom. The molecule has 82 valence electrons. The quantitative estimate of drug-likeness (QED) is 0.290. The Balaban J connectivity index is 2.60. The average Bonchev–Trinajstić information content (AvgIpc) is 2.15. The van der Waals surface area contributed by atoms with Gasteiger partial charge in [0, 0.05) is 4.90 Å². The molecule has 0 saturated heterocycles. The summed E-state index contributed by atoms with van der Waals surface area (Å²) in [6.07, 6.45) is 0. The number of thioether (sulfide) groups is 1. The minimum Gasteiger partial charge on any atom is -0.253 e. The smallest absolute Gasteiger partial charge is 0.253 e. The van der Waals surface area contributed by atoms with E-state index in [0.717, 1.165) is 4.90 Å². The van der Waals surface area contributed by atoms with Crippen LogP contribution in [0.5, 0.6) is 0 Å². The molecule has 0 fully saturated rings. The predicted octanol–water partition coefficient (Wildman–Crippen LogP) is 1.93. The molecule has 0 aliphatic rings. The van der Waals surface area contributed by atoms with Crippen molar-refractivity contribution < 1.29 is 17.3 Å². The maximum Gasteiger partial charge on any atom is 0.466 e. The van der Waals surface area contributed by atoms with Gasteiger partial charge in [0.25, 0.3) is 0 Å². The van der Waals surface area contributed by atoms with Gasteiger partial charge >= 0.3 is 10.4 Å². The maximum atomic E-state index is 10.2. The van der Waals surface area contributed by atoms with Crippen molar-refractivity contribution >= 4 is 27.2 Å². The molecule has 0 aromatic heterocycles. The standard InChI is InChI=1S/C8H9NO4S2/c1-7(9-13-15(10,11)12)14-8-5-3-2-4-6-8/h2-6H,1H3,(H,10,11,12)/b9-7-. The van der Waals surface area contributed by atoms with Crippen molar-refractivity contribution in [1.82, 2.24) is 0 Å². The Kier molecular flexibility index (Phi) is 4.13. The van der Waals surface area contributed by atoms with Crippen LogP contribution >= 0.6 is 11.8 Å². The third-order valence-electron chi connectivity index (χ3n) is 1.27.